The molecular weight excluding hydrogens is 475 g/mol. The number of rotatable bonds is 6. The molecule has 0 aliphatic carbocycles. The number of hydrogen-bond acceptors (Lipinski definition) is 5. The Morgan fingerprint density at radius 1 is 1.21 bits per heavy atom. The van der Waals surface area contributed by atoms with Gasteiger partial charge in [-0.15, -0.1) is 24.0 Å². The molecule has 0 aromatic heterocycles. The lowest BCUT2D eigenvalue weighted by atomic mass is 10.1. The van der Waals surface area contributed by atoms with Gasteiger partial charge in [-0.05, 0) is 44.0 Å². The summed E-state index contributed by atoms with van der Waals surface area (Å²) < 4.78 is 15.8. The highest BCUT2D eigenvalue weighted by atomic mass is 127. The normalized spacial score (nSPS) is 15.9. The fourth-order valence-corrected chi connectivity index (χ4v) is 2.89. The van der Waals surface area contributed by atoms with Crippen molar-refractivity contribution in [2.45, 2.75) is 31.9 Å². The van der Waals surface area contributed by atoms with Crippen LogP contribution in [0.1, 0.15) is 19.8 Å². The van der Waals surface area contributed by atoms with Crippen molar-refractivity contribution >= 4 is 36.0 Å². The third kappa shape index (κ3) is 7.61. The minimum Gasteiger partial charge on any atom is -0.497 e. The van der Waals surface area contributed by atoms with E-state index in [4.69, 9.17) is 14.2 Å². The number of carbonyl (C=O) groups excluding carboxylic acids is 1. The number of aliphatic imine (C=N–C) groups is 1. The minimum atomic E-state index is -0.263. The van der Waals surface area contributed by atoms with Gasteiger partial charge in [-0.2, -0.15) is 0 Å². The number of hydrogen-bond donors (Lipinski definition) is 2. The van der Waals surface area contributed by atoms with Crippen LogP contribution < -0.4 is 20.1 Å². The second-order valence-electron chi connectivity index (χ2n) is 6.43. The standard InChI is InChI=1S/C19H30N4O4.HI/c1-14(27-17-7-5-16(25-3)6-8-17)13-21-18(20-2)22-15-9-11-23(12-10-15)19(24)26-4;/h5-8,14-15H,9-13H2,1-4H3,(H2,20,21,22);1H. The second-order valence-corrected chi connectivity index (χ2v) is 6.43. The van der Waals surface area contributed by atoms with Gasteiger partial charge in [0.25, 0.3) is 0 Å². The maximum atomic E-state index is 11.5. The molecule has 1 aliphatic heterocycles. The number of guanidine groups is 1. The van der Waals surface area contributed by atoms with Crippen molar-refractivity contribution in [3.05, 3.63) is 24.3 Å². The van der Waals surface area contributed by atoms with E-state index in [1.54, 1.807) is 19.1 Å². The van der Waals surface area contributed by atoms with Crippen LogP contribution in [0.4, 0.5) is 4.79 Å². The van der Waals surface area contributed by atoms with Gasteiger partial charge in [0.1, 0.15) is 17.6 Å². The molecule has 9 heteroatoms. The SMILES string of the molecule is CN=C(NCC(C)Oc1ccc(OC)cc1)NC1CCN(C(=O)OC)CC1.I. The van der Waals surface area contributed by atoms with E-state index >= 15 is 0 Å². The van der Waals surface area contributed by atoms with Crippen molar-refractivity contribution < 1.29 is 19.0 Å². The minimum absolute atomic E-state index is 0. The molecule has 1 fully saturated rings. The van der Waals surface area contributed by atoms with Crippen LogP contribution in [0.5, 0.6) is 11.5 Å². The molecule has 1 atom stereocenters. The van der Waals surface area contributed by atoms with E-state index in [1.807, 2.05) is 31.2 Å². The molecule has 1 aliphatic rings. The lowest BCUT2D eigenvalue weighted by Crippen LogP contribution is -2.50. The molecule has 1 aromatic carbocycles. The largest absolute Gasteiger partial charge is 0.497 e. The topological polar surface area (TPSA) is 84.4 Å². The van der Waals surface area contributed by atoms with Gasteiger partial charge < -0.3 is 29.7 Å². The summed E-state index contributed by atoms with van der Waals surface area (Å²) in [6.07, 6.45) is 1.42. The monoisotopic (exact) mass is 506 g/mol. The number of benzene rings is 1. The van der Waals surface area contributed by atoms with E-state index < -0.39 is 0 Å². The fourth-order valence-electron chi connectivity index (χ4n) is 2.89. The smallest absolute Gasteiger partial charge is 0.409 e. The zero-order valence-corrected chi connectivity index (χ0v) is 19.3. The summed E-state index contributed by atoms with van der Waals surface area (Å²) in [5, 5.41) is 6.69. The van der Waals surface area contributed by atoms with Gasteiger partial charge in [0.2, 0.25) is 0 Å². The van der Waals surface area contributed by atoms with Crippen molar-refractivity contribution in [3.63, 3.8) is 0 Å². The second kappa shape index (κ2) is 12.5. The van der Waals surface area contributed by atoms with Gasteiger partial charge in [-0.3, -0.25) is 4.99 Å². The summed E-state index contributed by atoms with van der Waals surface area (Å²) in [6.45, 7) is 3.97. The van der Waals surface area contributed by atoms with Crippen LogP contribution >= 0.6 is 24.0 Å². The molecule has 1 unspecified atom stereocenters. The fraction of sp³-hybridized carbons (Fsp3) is 0.579. The number of piperidine rings is 1. The van der Waals surface area contributed by atoms with Gasteiger partial charge in [0, 0.05) is 26.2 Å². The zero-order chi connectivity index (χ0) is 19.6. The first-order chi connectivity index (χ1) is 13.0. The van der Waals surface area contributed by atoms with Crippen molar-refractivity contribution in [2.75, 3.05) is 40.9 Å². The van der Waals surface area contributed by atoms with Crippen LogP contribution in [-0.2, 0) is 4.74 Å². The number of likely N-dealkylation sites (tertiary alicyclic amines) is 1. The number of halogens is 1. The zero-order valence-electron chi connectivity index (χ0n) is 16.9. The van der Waals surface area contributed by atoms with Crippen LogP contribution in [0.15, 0.2) is 29.3 Å². The summed E-state index contributed by atoms with van der Waals surface area (Å²) in [6, 6.07) is 7.79. The third-order valence-corrected chi connectivity index (χ3v) is 4.45. The Bertz CT molecular complexity index is 619. The summed E-state index contributed by atoms with van der Waals surface area (Å²) in [7, 11) is 4.79. The molecule has 2 N–H and O–H groups in total. The summed E-state index contributed by atoms with van der Waals surface area (Å²) in [5.41, 5.74) is 0. The maximum absolute atomic E-state index is 11.5. The van der Waals surface area contributed by atoms with Crippen molar-refractivity contribution in [1.29, 1.82) is 0 Å². The number of methoxy groups -OCH3 is 2. The van der Waals surface area contributed by atoms with E-state index in [0.29, 0.717) is 19.6 Å². The van der Waals surface area contributed by atoms with Gasteiger partial charge in [-0.1, -0.05) is 0 Å². The highest BCUT2D eigenvalue weighted by molar-refractivity contribution is 14.0. The average molecular weight is 506 g/mol. The van der Waals surface area contributed by atoms with Crippen molar-refractivity contribution in [1.82, 2.24) is 15.5 Å². The molecule has 0 radical (unpaired) electrons. The van der Waals surface area contributed by atoms with Gasteiger partial charge >= 0.3 is 6.09 Å². The first-order valence-corrected chi connectivity index (χ1v) is 9.16. The Labute approximate surface area is 184 Å². The number of nitrogens with zero attached hydrogens (tertiary/aromatic N) is 2. The summed E-state index contributed by atoms with van der Waals surface area (Å²) in [4.78, 5) is 17.5. The highest BCUT2D eigenvalue weighted by Crippen LogP contribution is 2.18. The Morgan fingerprint density at radius 3 is 2.36 bits per heavy atom. The van der Waals surface area contributed by atoms with Crippen LogP contribution in [0.3, 0.4) is 0 Å². The summed E-state index contributed by atoms with van der Waals surface area (Å²) >= 11 is 0. The molecule has 158 valence electrons. The molecule has 8 nitrogen and oxygen atoms in total. The van der Waals surface area contributed by atoms with E-state index in [2.05, 4.69) is 15.6 Å². The van der Waals surface area contributed by atoms with Crippen LogP contribution in [0.25, 0.3) is 0 Å². The Balaban J connectivity index is 0.00000392. The lowest BCUT2D eigenvalue weighted by molar-refractivity contribution is 0.111. The Kier molecular flexibility index (Phi) is 10.8. The number of carbonyl (C=O) groups is 1. The van der Waals surface area contributed by atoms with Crippen LogP contribution in [0.2, 0.25) is 0 Å². The molecule has 0 saturated carbocycles. The molecule has 1 amide bonds. The van der Waals surface area contributed by atoms with Crippen LogP contribution in [0, 0.1) is 0 Å². The first kappa shape index (κ1) is 24.1. The number of amides is 1. The molecule has 0 spiro atoms. The molecule has 1 saturated heterocycles. The molecule has 28 heavy (non-hydrogen) atoms. The Morgan fingerprint density at radius 2 is 1.82 bits per heavy atom. The molecule has 1 heterocycles. The van der Waals surface area contributed by atoms with E-state index in [1.165, 1.54) is 7.11 Å². The quantitative estimate of drug-likeness (QED) is 0.351. The molecule has 2 rings (SSSR count). The van der Waals surface area contributed by atoms with Gasteiger partial charge in [-0.25, -0.2) is 4.79 Å². The first-order valence-electron chi connectivity index (χ1n) is 9.16. The summed E-state index contributed by atoms with van der Waals surface area (Å²) in [5.74, 6) is 2.33. The van der Waals surface area contributed by atoms with Gasteiger partial charge in [0.15, 0.2) is 5.96 Å². The lowest BCUT2D eigenvalue weighted by Gasteiger charge is -2.32. The van der Waals surface area contributed by atoms with Crippen molar-refractivity contribution in [2.24, 2.45) is 4.99 Å². The Hall–Kier alpha value is -1.91. The highest BCUT2D eigenvalue weighted by Gasteiger charge is 2.23. The maximum Gasteiger partial charge on any atom is 0.409 e. The third-order valence-electron chi connectivity index (χ3n) is 4.45. The van der Waals surface area contributed by atoms with E-state index in [-0.39, 0.29) is 42.2 Å². The van der Waals surface area contributed by atoms with Crippen LogP contribution in [-0.4, -0.2) is 70.0 Å². The number of ether oxygens (including phenoxy) is 3. The molecule has 1 aromatic rings. The van der Waals surface area contributed by atoms with Crippen molar-refractivity contribution in [3.8, 4) is 11.5 Å². The predicted octanol–water partition coefficient (Wildman–Crippen LogP) is 2.48. The molecule has 0 bridgehead atoms. The average Bonchev–Trinajstić information content (AvgIpc) is 2.71. The van der Waals surface area contributed by atoms with E-state index in [9.17, 15) is 4.79 Å². The number of nitrogens with one attached hydrogen (secondary N) is 2. The molecular formula is C19H31IN4O4. The van der Waals surface area contributed by atoms with E-state index in [0.717, 1.165) is 30.3 Å². The van der Waals surface area contributed by atoms with Gasteiger partial charge in [0.05, 0.1) is 20.8 Å². The predicted molar refractivity (Wildman–Crippen MR) is 120 cm³/mol.